The van der Waals surface area contributed by atoms with Gasteiger partial charge in [0.1, 0.15) is 17.3 Å². The summed E-state index contributed by atoms with van der Waals surface area (Å²) in [5.74, 6) is 3.91. The number of ether oxygens (including phenoxy) is 1. The van der Waals surface area contributed by atoms with Crippen LogP contribution in [0.1, 0.15) is 43.6 Å². The molecular weight excluding hydrogens is 331 g/mol. The first-order valence-electron chi connectivity index (χ1n) is 9.10. The van der Waals surface area contributed by atoms with Crippen LogP contribution in [0.15, 0.2) is 22.6 Å². The molecule has 0 bridgehead atoms. The molecule has 1 aliphatic carbocycles. The second-order valence-electron chi connectivity index (χ2n) is 6.77. The Morgan fingerprint density at radius 3 is 2.81 bits per heavy atom. The molecule has 1 aliphatic rings. The molecule has 0 amide bonds. The molecule has 1 aromatic heterocycles. The number of rotatable bonds is 6. The number of oxazole rings is 1. The second-order valence-corrected chi connectivity index (χ2v) is 6.77. The Kier molecular flexibility index (Phi) is 5.95. The van der Waals surface area contributed by atoms with E-state index in [0.29, 0.717) is 36.2 Å². The molecule has 0 saturated heterocycles. The zero-order valence-corrected chi connectivity index (χ0v) is 15.4. The van der Waals surface area contributed by atoms with Crippen LogP contribution in [0.3, 0.4) is 0 Å². The van der Waals surface area contributed by atoms with Crippen molar-refractivity contribution in [2.75, 3.05) is 13.7 Å². The van der Waals surface area contributed by atoms with Crippen LogP contribution in [0.25, 0.3) is 11.5 Å². The number of terminal acetylenes is 1. The highest BCUT2D eigenvalue weighted by Crippen LogP contribution is 2.29. The van der Waals surface area contributed by atoms with Crippen LogP contribution in [0.5, 0.6) is 5.75 Å². The molecule has 138 valence electrons. The summed E-state index contributed by atoms with van der Waals surface area (Å²) in [4.78, 5) is 6.85. The van der Waals surface area contributed by atoms with Crippen LogP contribution in [0.2, 0.25) is 0 Å². The molecular formula is C21H25FN2O2. The monoisotopic (exact) mass is 356 g/mol. The summed E-state index contributed by atoms with van der Waals surface area (Å²) in [5.41, 5.74) is 1.11. The van der Waals surface area contributed by atoms with Gasteiger partial charge in [0.25, 0.3) is 0 Å². The standard InChI is InChI=1S/C21H25FN2O2/c1-4-12-24(16-8-6-5-7-9-16)14-20-15(2)26-21(23-20)18-13-17(25-3)10-11-19(18)22/h1,10-11,13,16H,5-9,12,14H2,2-3H3. The van der Waals surface area contributed by atoms with Crippen LogP contribution in [-0.2, 0) is 6.54 Å². The fourth-order valence-electron chi connectivity index (χ4n) is 3.56. The van der Waals surface area contributed by atoms with Gasteiger partial charge in [-0.05, 0) is 38.0 Å². The number of methoxy groups -OCH3 is 1. The lowest BCUT2D eigenvalue weighted by Gasteiger charge is -2.32. The van der Waals surface area contributed by atoms with Crippen molar-refractivity contribution in [2.45, 2.75) is 51.6 Å². The van der Waals surface area contributed by atoms with E-state index in [4.69, 9.17) is 15.6 Å². The zero-order chi connectivity index (χ0) is 18.5. The highest BCUT2D eigenvalue weighted by atomic mass is 19.1. The summed E-state index contributed by atoms with van der Waals surface area (Å²) >= 11 is 0. The number of aromatic nitrogens is 1. The van der Waals surface area contributed by atoms with Gasteiger partial charge >= 0.3 is 0 Å². The molecule has 2 aromatic rings. The van der Waals surface area contributed by atoms with Gasteiger partial charge in [-0.3, -0.25) is 4.90 Å². The maximum Gasteiger partial charge on any atom is 0.229 e. The van der Waals surface area contributed by atoms with E-state index >= 15 is 0 Å². The van der Waals surface area contributed by atoms with Crippen molar-refractivity contribution in [3.05, 3.63) is 35.5 Å². The summed E-state index contributed by atoms with van der Waals surface area (Å²) in [6, 6.07) is 5.02. The molecule has 26 heavy (non-hydrogen) atoms. The van der Waals surface area contributed by atoms with E-state index < -0.39 is 0 Å². The fraction of sp³-hybridized carbons (Fsp3) is 0.476. The molecule has 0 aliphatic heterocycles. The normalized spacial score (nSPS) is 15.2. The topological polar surface area (TPSA) is 38.5 Å². The minimum absolute atomic E-state index is 0.276. The van der Waals surface area contributed by atoms with Crippen molar-refractivity contribution < 1.29 is 13.5 Å². The van der Waals surface area contributed by atoms with Gasteiger partial charge in [-0.1, -0.05) is 25.2 Å². The molecule has 0 radical (unpaired) electrons. The van der Waals surface area contributed by atoms with Gasteiger partial charge in [0.2, 0.25) is 5.89 Å². The molecule has 0 unspecified atom stereocenters. The molecule has 1 heterocycles. The van der Waals surface area contributed by atoms with E-state index in [1.54, 1.807) is 19.2 Å². The Bertz CT molecular complexity index is 788. The smallest absolute Gasteiger partial charge is 0.229 e. The van der Waals surface area contributed by atoms with Crippen molar-refractivity contribution in [1.29, 1.82) is 0 Å². The lowest BCUT2D eigenvalue weighted by atomic mass is 9.94. The first-order chi connectivity index (χ1) is 12.6. The van der Waals surface area contributed by atoms with E-state index in [2.05, 4.69) is 15.8 Å². The van der Waals surface area contributed by atoms with Gasteiger partial charge in [-0.15, -0.1) is 6.42 Å². The van der Waals surface area contributed by atoms with E-state index in [1.165, 1.54) is 25.3 Å². The first-order valence-corrected chi connectivity index (χ1v) is 9.10. The third-order valence-corrected chi connectivity index (χ3v) is 5.03. The molecule has 5 heteroatoms. The molecule has 1 saturated carbocycles. The fourth-order valence-corrected chi connectivity index (χ4v) is 3.56. The predicted molar refractivity (Wildman–Crippen MR) is 99.3 cm³/mol. The maximum atomic E-state index is 14.2. The Labute approximate surface area is 154 Å². The van der Waals surface area contributed by atoms with Crippen molar-refractivity contribution >= 4 is 0 Å². The maximum absolute atomic E-state index is 14.2. The van der Waals surface area contributed by atoms with E-state index in [1.807, 2.05) is 6.92 Å². The van der Waals surface area contributed by atoms with Crippen molar-refractivity contribution in [2.24, 2.45) is 0 Å². The largest absolute Gasteiger partial charge is 0.497 e. The number of hydrogen-bond acceptors (Lipinski definition) is 4. The van der Waals surface area contributed by atoms with Crippen LogP contribution >= 0.6 is 0 Å². The zero-order valence-electron chi connectivity index (χ0n) is 15.4. The molecule has 1 fully saturated rings. The predicted octanol–water partition coefficient (Wildman–Crippen LogP) is 4.57. The van der Waals surface area contributed by atoms with E-state index in [-0.39, 0.29) is 11.7 Å². The summed E-state index contributed by atoms with van der Waals surface area (Å²) in [5, 5.41) is 0. The first kappa shape index (κ1) is 18.5. The lowest BCUT2D eigenvalue weighted by Crippen LogP contribution is -2.36. The van der Waals surface area contributed by atoms with Gasteiger partial charge < -0.3 is 9.15 Å². The van der Waals surface area contributed by atoms with Gasteiger partial charge in [-0.25, -0.2) is 9.37 Å². The van der Waals surface area contributed by atoms with E-state index in [9.17, 15) is 4.39 Å². The van der Waals surface area contributed by atoms with Gasteiger partial charge in [0, 0.05) is 12.6 Å². The Morgan fingerprint density at radius 1 is 1.35 bits per heavy atom. The molecule has 0 spiro atoms. The Balaban J connectivity index is 1.84. The average molecular weight is 356 g/mol. The molecule has 0 N–H and O–H groups in total. The third kappa shape index (κ3) is 4.08. The minimum Gasteiger partial charge on any atom is -0.497 e. The SMILES string of the molecule is C#CCN(Cc1nc(-c2cc(OC)ccc2F)oc1C)C1CCCCC1. The van der Waals surface area contributed by atoms with Crippen LogP contribution in [-0.4, -0.2) is 29.6 Å². The highest BCUT2D eigenvalue weighted by Gasteiger charge is 2.23. The second kappa shape index (κ2) is 8.37. The number of nitrogens with zero attached hydrogens (tertiary/aromatic N) is 2. The van der Waals surface area contributed by atoms with Crippen molar-refractivity contribution in [3.8, 4) is 29.5 Å². The van der Waals surface area contributed by atoms with Gasteiger partial charge in [0.15, 0.2) is 0 Å². The molecule has 1 aromatic carbocycles. The highest BCUT2D eigenvalue weighted by molar-refractivity contribution is 5.57. The number of aryl methyl sites for hydroxylation is 1. The number of hydrogen-bond donors (Lipinski definition) is 0. The van der Waals surface area contributed by atoms with Gasteiger partial charge in [0.05, 0.1) is 24.9 Å². The van der Waals surface area contributed by atoms with Crippen molar-refractivity contribution in [1.82, 2.24) is 9.88 Å². The van der Waals surface area contributed by atoms with Crippen LogP contribution in [0, 0.1) is 25.1 Å². The molecule has 3 rings (SSSR count). The van der Waals surface area contributed by atoms with E-state index in [0.717, 1.165) is 18.5 Å². The van der Waals surface area contributed by atoms with Crippen LogP contribution in [0.4, 0.5) is 4.39 Å². The summed E-state index contributed by atoms with van der Waals surface area (Å²) in [7, 11) is 1.55. The average Bonchev–Trinajstić information content (AvgIpc) is 3.03. The Morgan fingerprint density at radius 2 is 2.12 bits per heavy atom. The lowest BCUT2D eigenvalue weighted by molar-refractivity contribution is 0.165. The molecule has 4 nitrogen and oxygen atoms in total. The minimum atomic E-state index is -0.383. The summed E-state index contributed by atoms with van der Waals surface area (Å²) in [6.45, 7) is 3.06. The number of benzene rings is 1. The number of halogens is 1. The molecule has 0 atom stereocenters. The summed E-state index contributed by atoms with van der Waals surface area (Å²) in [6.07, 6.45) is 11.7. The Hall–Kier alpha value is -2.32. The van der Waals surface area contributed by atoms with Crippen LogP contribution < -0.4 is 4.74 Å². The van der Waals surface area contributed by atoms with Crippen molar-refractivity contribution in [3.63, 3.8) is 0 Å². The quantitative estimate of drug-likeness (QED) is 0.711. The summed E-state index contributed by atoms with van der Waals surface area (Å²) < 4.78 is 25.2. The van der Waals surface area contributed by atoms with Gasteiger partial charge in [-0.2, -0.15) is 0 Å². The third-order valence-electron chi connectivity index (χ3n) is 5.03.